The molecule has 37 heavy (non-hydrogen) atoms. The van der Waals surface area contributed by atoms with E-state index in [4.69, 9.17) is 20.4 Å². The summed E-state index contributed by atoms with van der Waals surface area (Å²) in [6.45, 7) is 10.4. The normalized spacial score (nSPS) is 19.1. The van der Waals surface area contributed by atoms with Crippen LogP contribution in [0.25, 0.3) is 22.6 Å². The molecule has 198 valence electrons. The van der Waals surface area contributed by atoms with Gasteiger partial charge in [0.1, 0.15) is 6.54 Å². The van der Waals surface area contributed by atoms with Crippen LogP contribution in [0.4, 0.5) is 30.9 Å². The van der Waals surface area contributed by atoms with Gasteiger partial charge in [-0.1, -0.05) is 6.58 Å². The van der Waals surface area contributed by atoms with Gasteiger partial charge in [-0.3, -0.25) is 4.57 Å². The van der Waals surface area contributed by atoms with Crippen LogP contribution >= 0.6 is 0 Å². The zero-order valence-electron chi connectivity index (χ0n) is 20.7. The summed E-state index contributed by atoms with van der Waals surface area (Å²) < 4.78 is 48.2. The Kier molecular flexibility index (Phi) is 6.52. The van der Waals surface area contributed by atoms with Crippen molar-refractivity contribution in [3.05, 3.63) is 24.7 Å². The molecular formula is C23H29F3N10O. The first-order chi connectivity index (χ1) is 17.6. The van der Waals surface area contributed by atoms with Crippen molar-refractivity contribution in [2.45, 2.75) is 32.6 Å². The number of piperazine rings is 1. The van der Waals surface area contributed by atoms with Crippen LogP contribution in [0.3, 0.4) is 0 Å². The molecule has 0 spiro atoms. The van der Waals surface area contributed by atoms with E-state index >= 15 is 0 Å². The third-order valence-electron chi connectivity index (χ3n) is 6.53. The van der Waals surface area contributed by atoms with Crippen LogP contribution in [0.2, 0.25) is 0 Å². The van der Waals surface area contributed by atoms with Crippen molar-refractivity contribution in [3.63, 3.8) is 0 Å². The third-order valence-corrected chi connectivity index (χ3v) is 6.53. The molecule has 0 saturated carbocycles. The van der Waals surface area contributed by atoms with E-state index in [9.17, 15) is 13.2 Å². The Morgan fingerprint density at radius 1 is 1.08 bits per heavy atom. The van der Waals surface area contributed by atoms with Crippen molar-refractivity contribution in [1.82, 2.24) is 34.4 Å². The Hall–Kier alpha value is -3.68. The molecule has 1 atom stereocenters. The number of anilines is 3. The van der Waals surface area contributed by atoms with Gasteiger partial charge < -0.3 is 25.2 Å². The molecule has 0 aromatic carbocycles. The molecule has 5 heterocycles. The number of allylic oxidation sites excluding steroid dienone is 1. The van der Waals surface area contributed by atoms with Crippen LogP contribution < -0.4 is 15.5 Å². The van der Waals surface area contributed by atoms with Gasteiger partial charge >= 0.3 is 6.18 Å². The Balaban J connectivity index is 1.68. The van der Waals surface area contributed by atoms with Gasteiger partial charge in [0.2, 0.25) is 11.9 Å². The minimum atomic E-state index is -4.48. The Morgan fingerprint density at radius 3 is 2.41 bits per heavy atom. The number of morpholine rings is 1. The highest BCUT2D eigenvalue weighted by Crippen LogP contribution is 2.34. The molecule has 2 aliphatic rings. The fourth-order valence-electron chi connectivity index (χ4n) is 4.83. The molecule has 0 radical (unpaired) electrons. The molecule has 3 aromatic heterocycles. The Labute approximate surface area is 211 Å². The van der Waals surface area contributed by atoms with Crippen LogP contribution in [0.5, 0.6) is 0 Å². The smallest absolute Gasteiger partial charge is 0.378 e. The van der Waals surface area contributed by atoms with Crippen molar-refractivity contribution in [2.75, 3.05) is 61.5 Å². The van der Waals surface area contributed by atoms with E-state index in [1.807, 2.05) is 23.6 Å². The number of aromatic nitrogens is 6. The second-order valence-electron chi connectivity index (χ2n) is 9.31. The predicted molar refractivity (Wildman–Crippen MR) is 133 cm³/mol. The van der Waals surface area contributed by atoms with E-state index in [1.165, 1.54) is 12.4 Å². The number of fused-ring (bicyclic) bond motifs is 1. The van der Waals surface area contributed by atoms with Crippen LogP contribution in [-0.2, 0) is 11.3 Å². The number of nitrogens with zero attached hydrogens (tertiary/aromatic N) is 9. The first-order valence-corrected chi connectivity index (χ1v) is 12.0. The molecule has 0 bridgehead atoms. The second-order valence-corrected chi connectivity index (χ2v) is 9.31. The summed E-state index contributed by atoms with van der Waals surface area (Å²) in [6, 6.07) is 0.0534. The molecule has 11 nitrogen and oxygen atoms in total. The number of hydrogen-bond donors (Lipinski definition) is 1. The molecule has 0 unspecified atom stereocenters. The number of rotatable bonds is 5. The first kappa shape index (κ1) is 25.0. The van der Waals surface area contributed by atoms with E-state index in [-0.39, 0.29) is 29.4 Å². The lowest BCUT2D eigenvalue weighted by atomic mass is 10.2. The van der Waals surface area contributed by atoms with Gasteiger partial charge in [-0.05, 0) is 13.8 Å². The summed E-state index contributed by atoms with van der Waals surface area (Å²) in [6.07, 6.45) is -1.57. The number of hydrogen-bond acceptors (Lipinski definition) is 10. The largest absolute Gasteiger partial charge is 0.406 e. The molecule has 2 N–H and O–H groups in total. The van der Waals surface area contributed by atoms with Gasteiger partial charge in [0, 0.05) is 56.9 Å². The maximum absolute atomic E-state index is 13.9. The third kappa shape index (κ3) is 5.10. The SMILES string of the molecule is C=C(C)N1CCN(c2nc3c(N4CCOCC4)nc(-c4cnc(N)nc4)nc3n2CC(F)(F)F)C[C@H]1C. The van der Waals surface area contributed by atoms with Crippen LogP contribution in [0.1, 0.15) is 13.8 Å². The molecule has 0 aliphatic carbocycles. The van der Waals surface area contributed by atoms with Gasteiger partial charge in [-0.25, -0.2) is 24.9 Å². The average Bonchev–Trinajstić information content (AvgIpc) is 3.21. The number of nitrogens with two attached hydrogens (primary N) is 1. The summed E-state index contributed by atoms with van der Waals surface area (Å²) >= 11 is 0. The van der Waals surface area contributed by atoms with Crippen molar-refractivity contribution >= 4 is 28.9 Å². The minimum Gasteiger partial charge on any atom is -0.378 e. The topological polar surface area (TPSA) is 114 Å². The maximum atomic E-state index is 13.9. The monoisotopic (exact) mass is 518 g/mol. The number of alkyl halides is 3. The van der Waals surface area contributed by atoms with E-state index in [2.05, 4.69) is 26.4 Å². The molecule has 2 fully saturated rings. The highest BCUT2D eigenvalue weighted by molar-refractivity contribution is 5.88. The molecule has 14 heteroatoms. The van der Waals surface area contributed by atoms with Crippen molar-refractivity contribution in [2.24, 2.45) is 0 Å². The standard InChI is InChI=1S/C23H29F3N10O/c1-14(2)35-5-4-34(12-15(35)3)22-30-17-19(33-6-8-37-9-7-33)31-18(16-10-28-21(27)29-11-16)32-20(17)36(22)13-23(24,25)26/h10-11,15H,1,4-9,12-13H2,2-3H3,(H2,27,28,29)/t15-/m1/s1. The van der Waals surface area contributed by atoms with E-state index in [0.29, 0.717) is 62.8 Å². The summed E-state index contributed by atoms with van der Waals surface area (Å²) in [5.41, 5.74) is 7.40. The quantitative estimate of drug-likeness (QED) is 0.540. The first-order valence-electron chi connectivity index (χ1n) is 12.0. The number of nitrogen functional groups attached to an aromatic ring is 1. The van der Waals surface area contributed by atoms with E-state index < -0.39 is 12.7 Å². The summed E-state index contributed by atoms with van der Waals surface area (Å²) in [5, 5.41) is 0. The molecule has 0 amide bonds. The van der Waals surface area contributed by atoms with Crippen molar-refractivity contribution in [3.8, 4) is 11.4 Å². The van der Waals surface area contributed by atoms with Gasteiger partial charge in [0.25, 0.3) is 0 Å². The molecule has 3 aromatic rings. The average molecular weight is 519 g/mol. The lowest BCUT2D eigenvalue weighted by Gasteiger charge is -2.41. The van der Waals surface area contributed by atoms with Crippen LogP contribution in [0, 0.1) is 0 Å². The zero-order valence-corrected chi connectivity index (χ0v) is 20.7. The van der Waals surface area contributed by atoms with Crippen LogP contribution in [0.15, 0.2) is 24.7 Å². The number of halogens is 3. The lowest BCUT2D eigenvalue weighted by Crippen LogP contribution is -2.51. The van der Waals surface area contributed by atoms with Crippen LogP contribution in [-0.4, -0.2) is 92.5 Å². The van der Waals surface area contributed by atoms with E-state index in [1.54, 1.807) is 0 Å². The summed E-state index contributed by atoms with van der Waals surface area (Å²) in [4.78, 5) is 28.0. The predicted octanol–water partition coefficient (Wildman–Crippen LogP) is 2.31. The van der Waals surface area contributed by atoms with Gasteiger partial charge in [-0.15, -0.1) is 0 Å². The fourth-order valence-corrected chi connectivity index (χ4v) is 4.83. The molecule has 5 rings (SSSR count). The highest BCUT2D eigenvalue weighted by atomic mass is 19.4. The van der Waals surface area contributed by atoms with E-state index in [0.717, 1.165) is 10.3 Å². The maximum Gasteiger partial charge on any atom is 0.406 e. The number of imidazole rings is 1. The molecule has 2 saturated heterocycles. The van der Waals surface area contributed by atoms with Crippen molar-refractivity contribution < 1.29 is 17.9 Å². The zero-order chi connectivity index (χ0) is 26.3. The van der Waals surface area contributed by atoms with Gasteiger partial charge in [0.15, 0.2) is 22.8 Å². The minimum absolute atomic E-state index is 0.0534. The number of ether oxygens (including phenoxy) is 1. The highest BCUT2D eigenvalue weighted by Gasteiger charge is 2.35. The molecule has 2 aliphatic heterocycles. The van der Waals surface area contributed by atoms with Crippen molar-refractivity contribution in [1.29, 1.82) is 0 Å². The Morgan fingerprint density at radius 2 is 1.78 bits per heavy atom. The Bertz CT molecular complexity index is 1290. The summed E-state index contributed by atoms with van der Waals surface area (Å²) in [7, 11) is 0. The van der Waals surface area contributed by atoms with Gasteiger partial charge in [0.05, 0.1) is 18.8 Å². The fraction of sp³-hybridized carbons (Fsp3) is 0.522. The lowest BCUT2D eigenvalue weighted by molar-refractivity contribution is -0.139. The summed E-state index contributed by atoms with van der Waals surface area (Å²) in [5.74, 6) is 0.945. The second kappa shape index (κ2) is 9.65. The molecular weight excluding hydrogens is 489 g/mol. The van der Waals surface area contributed by atoms with Gasteiger partial charge in [-0.2, -0.15) is 13.2 Å².